The molecule has 2 heterocycles. The fourth-order valence-electron chi connectivity index (χ4n) is 1.73. The van der Waals surface area contributed by atoms with Crippen LogP contribution in [0.3, 0.4) is 0 Å². The van der Waals surface area contributed by atoms with Gasteiger partial charge in [-0.3, -0.25) is 0 Å². The highest BCUT2D eigenvalue weighted by Gasteiger charge is 2.09. The number of thioether (sulfide) groups is 1. The van der Waals surface area contributed by atoms with E-state index in [-0.39, 0.29) is 0 Å². The lowest BCUT2D eigenvalue weighted by Gasteiger charge is -2.04. The van der Waals surface area contributed by atoms with Gasteiger partial charge in [0.15, 0.2) is 10.8 Å². The monoisotopic (exact) mass is 343 g/mol. The van der Waals surface area contributed by atoms with E-state index in [2.05, 4.69) is 15.0 Å². The summed E-state index contributed by atoms with van der Waals surface area (Å²) in [5, 5.41) is 2.64. The molecular weight excluding hydrogens is 337 g/mol. The van der Waals surface area contributed by atoms with Gasteiger partial charge in [0.2, 0.25) is 0 Å². The number of hydrogen-bond acceptors (Lipinski definition) is 3. The van der Waals surface area contributed by atoms with Crippen molar-refractivity contribution >= 4 is 57.7 Å². The SMILES string of the molecule is Clc1cnc2nc(SCc3c(Cl)cccc3Cl)[nH]c2c1. The second kappa shape index (κ2) is 5.82. The van der Waals surface area contributed by atoms with Gasteiger partial charge < -0.3 is 4.98 Å². The summed E-state index contributed by atoms with van der Waals surface area (Å²) < 4.78 is 0. The second-order valence-corrected chi connectivity index (χ2v) is 6.27. The molecule has 0 aliphatic heterocycles. The third kappa shape index (κ3) is 2.88. The van der Waals surface area contributed by atoms with E-state index in [1.807, 2.05) is 18.2 Å². The Bertz CT molecular complexity index is 752. The highest BCUT2D eigenvalue weighted by atomic mass is 35.5. The average Bonchev–Trinajstić information content (AvgIpc) is 2.80. The Hall–Kier alpha value is -0.940. The second-order valence-electron chi connectivity index (χ2n) is 4.06. The minimum absolute atomic E-state index is 0.576. The van der Waals surface area contributed by atoms with Gasteiger partial charge in [-0.1, -0.05) is 52.6 Å². The predicted molar refractivity (Wildman–Crippen MR) is 84.9 cm³/mol. The van der Waals surface area contributed by atoms with Crippen LogP contribution in [0.4, 0.5) is 0 Å². The fourth-order valence-corrected chi connectivity index (χ4v) is 3.50. The molecule has 0 unspecified atom stereocenters. The lowest BCUT2D eigenvalue weighted by Crippen LogP contribution is -1.85. The third-order valence-corrected chi connectivity index (χ3v) is 4.51. The third-order valence-electron chi connectivity index (χ3n) is 2.70. The molecule has 2 aromatic heterocycles. The Morgan fingerprint density at radius 3 is 2.65 bits per heavy atom. The minimum atomic E-state index is 0.576. The molecule has 1 aromatic carbocycles. The zero-order chi connectivity index (χ0) is 14.1. The molecule has 7 heteroatoms. The molecule has 0 saturated heterocycles. The summed E-state index contributed by atoms with van der Waals surface area (Å²) in [6.07, 6.45) is 1.57. The normalized spacial score (nSPS) is 11.2. The van der Waals surface area contributed by atoms with Gasteiger partial charge in [-0.15, -0.1) is 0 Å². The van der Waals surface area contributed by atoms with E-state index in [4.69, 9.17) is 34.8 Å². The van der Waals surface area contributed by atoms with Crippen molar-refractivity contribution in [3.63, 3.8) is 0 Å². The quantitative estimate of drug-likeness (QED) is 0.663. The Morgan fingerprint density at radius 2 is 1.90 bits per heavy atom. The maximum atomic E-state index is 6.14. The number of H-pyrrole nitrogens is 1. The number of fused-ring (bicyclic) bond motifs is 1. The molecule has 0 aliphatic carbocycles. The van der Waals surface area contributed by atoms with Crippen molar-refractivity contribution in [1.29, 1.82) is 0 Å². The van der Waals surface area contributed by atoms with Gasteiger partial charge in [-0.2, -0.15) is 0 Å². The number of benzene rings is 1. The topological polar surface area (TPSA) is 41.6 Å². The van der Waals surface area contributed by atoms with Crippen LogP contribution in [0.1, 0.15) is 5.56 Å². The summed E-state index contributed by atoms with van der Waals surface area (Å²) in [4.78, 5) is 11.7. The summed E-state index contributed by atoms with van der Waals surface area (Å²) in [5.74, 6) is 0.631. The number of halogens is 3. The zero-order valence-corrected chi connectivity index (χ0v) is 13.1. The van der Waals surface area contributed by atoms with Crippen molar-refractivity contribution in [2.75, 3.05) is 0 Å². The van der Waals surface area contributed by atoms with Crippen LogP contribution in [0.2, 0.25) is 15.1 Å². The van der Waals surface area contributed by atoms with Crippen molar-refractivity contribution < 1.29 is 0 Å². The van der Waals surface area contributed by atoms with Gasteiger partial charge in [0.1, 0.15) is 0 Å². The summed E-state index contributed by atoms with van der Waals surface area (Å²) in [5.41, 5.74) is 2.35. The highest BCUT2D eigenvalue weighted by Crippen LogP contribution is 2.31. The molecule has 1 N–H and O–H groups in total. The molecular formula is C13H8Cl3N3S. The largest absolute Gasteiger partial charge is 0.331 e. The first kappa shape index (κ1) is 14.0. The van der Waals surface area contributed by atoms with Crippen LogP contribution < -0.4 is 0 Å². The van der Waals surface area contributed by atoms with E-state index in [1.54, 1.807) is 12.3 Å². The molecule has 3 rings (SSSR count). The zero-order valence-electron chi connectivity index (χ0n) is 10.0. The van der Waals surface area contributed by atoms with E-state index in [1.165, 1.54) is 11.8 Å². The Kier molecular flexibility index (Phi) is 4.08. The van der Waals surface area contributed by atoms with Crippen molar-refractivity contribution in [3.8, 4) is 0 Å². The molecule has 0 radical (unpaired) electrons. The molecule has 0 spiro atoms. The number of nitrogens with one attached hydrogen (secondary N) is 1. The Morgan fingerprint density at radius 1 is 1.15 bits per heavy atom. The van der Waals surface area contributed by atoms with Crippen molar-refractivity contribution in [2.45, 2.75) is 10.9 Å². The van der Waals surface area contributed by atoms with Crippen LogP contribution in [-0.2, 0) is 5.75 Å². The van der Waals surface area contributed by atoms with E-state index < -0.39 is 0 Å². The van der Waals surface area contributed by atoms with Crippen LogP contribution in [0.15, 0.2) is 35.6 Å². The van der Waals surface area contributed by atoms with E-state index in [9.17, 15) is 0 Å². The van der Waals surface area contributed by atoms with Crippen LogP contribution in [0.25, 0.3) is 11.2 Å². The van der Waals surface area contributed by atoms with Crippen LogP contribution in [-0.4, -0.2) is 15.0 Å². The standard InChI is InChI=1S/C13H8Cl3N3S/c14-7-4-11-12(17-5-7)19-13(18-11)20-6-8-9(15)2-1-3-10(8)16/h1-5H,6H2,(H,17,18,19). The highest BCUT2D eigenvalue weighted by molar-refractivity contribution is 7.98. The lowest BCUT2D eigenvalue weighted by atomic mass is 10.2. The van der Waals surface area contributed by atoms with Crippen molar-refractivity contribution in [2.24, 2.45) is 0 Å². The van der Waals surface area contributed by atoms with E-state index >= 15 is 0 Å². The molecule has 3 aromatic rings. The number of rotatable bonds is 3. The first-order chi connectivity index (χ1) is 9.63. The Balaban J connectivity index is 1.83. The number of hydrogen-bond donors (Lipinski definition) is 1. The van der Waals surface area contributed by atoms with Crippen LogP contribution in [0, 0.1) is 0 Å². The van der Waals surface area contributed by atoms with E-state index in [0.717, 1.165) is 16.2 Å². The molecule has 20 heavy (non-hydrogen) atoms. The molecule has 3 nitrogen and oxygen atoms in total. The van der Waals surface area contributed by atoms with Crippen molar-refractivity contribution in [3.05, 3.63) is 51.1 Å². The van der Waals surface area contributed by atoms with Crippen molar-refractivity contribution in [1.82, 2.24) is 15.0 Å². The van der Waals surface area contributed by atoms with Crippen LogP contribution in [0.5, 0.6) is 0 Å². The predicted octanol–water partition coefficient (Wildman–Crippen LogP) is 5.21. The maximum Gasteiger partial charge on any atom is 0.178 e. The van der Waals surface area contributed by atoms with Gasteiger partial charge >= 0.3 is 0 Å². The number of nitrogens with zero attached hydrogens (tertiary/aromatic N) is 2. The number of aromatic amines is 1. The summed E-state index contributed by atoms with van der Waals surface area (Å²) >= 11 is 19.7. The molecule has 0 fully saturated rings. The first-order valence-corrected chi connectivity index (χ1v) is 7.82. The molecule has 0 atom stereocenters. The summed E-state index contributed by atoms with van der Waals surface area (Å²) in [6.45, 7) is 0. The molecule has 102 valence electrons. The fraction of sp³-hybridized carbons (Fsp3) is 0.0769. The number of pyridine rings is 1. The lowest BCUT2D eigenvalue weighted by molar-refractivity contribution is 1.07. The molecule has 0 saturated carbocycles. The number of aromatic nitrogens is 3. The minimum Gasteiger partial charge on any atom is -0.331 e. The maximum absolute atomic E-state index is 6.14. The van der Waals surface area contributed by atoms with Gasteiger partial charge in [-0.25, -0.2) is 9.97 Å². The van der Waals surface area contributed by atoms with Gasteiger partial charge in [-0.05, 0) is 23.8 Å². The van der Waals surface area contributed by atoms with Gasteiger partial charge in [0.05, 0.1) is 10.5 Å². The molecule has 0 aliphatic rings. The van der Waals surface area contributed by atoms with Gasteiger partial charge in [0, 0.05) is 22.0 Å². The van der Waals surface area contributed by atoms with Gasteiger partial charge in [0.25, 0.3) is 0 Å². The van der Waals surface area contributed by atoms with E-state index in [0.29, 0.717) is 26.5 Å². The first-order valence-electron chi connectivity index (χ1n) is 5.70. The Labute approximate surface area is 134 Å². The van der Waals surface area contributed by atoms with Crippen LogP contribution >= 0.6 is 46.6 Å². The number of imidazole rings is 1. The molecule has 0 bridgehead atoms. The summed E-state index contributed by atoms with van der Waals surface area (Å²) in [6, 6.07) is 7.27. The molecule has 0 amide bonds. The average molecular weight is 345 g/mol. The smallest absolute Gasteiger partial charge is 0.178 e. The summed E-state index contributed by atoms with van der Waals surface area (Å²) in [7, 11) is 0.